The molecule has 2 heteroatoms. The summed E-state index contributed by atoms with van der Waals surface area (Å²) in [6, 6.07) is 0. The van der Waals surface area contributed by atoms with Gasteiger partial charge in [-0.3, -0.25) is 4.90 Å². The Morgan fingerprint density at radius 1 is 1.19 bits per heavy atom. The van der Waals surface area contributed by atoms with Gasteiger partial charge in [-0.15, -0.1) is 0 Å². The topological polar surface area (TPSA) is 29.3 Å². The van der Waals surface area contributed by atoms with Crippen LogP contribution in [0.3, 0.4) is 0 Å². The third-order valence-electron chi connectivity index (χ3n) is 4.16. The molecule has 2 nitrogen and oxygen atoms in total. The van der Waals surface area contributed by atoms with E-state index in [0.29, 0.717) is 5.41 Å². The monoisotopic (exact) mass is 226 g/mol. The Bertz CT molecular complexity index is 223. The van der Waals surface area contributed by atoms with E-state index in [-0.39, 0.29) is 5.54 Å². The molecule has 0 aliphatic carbocycles. The largest absolute Gasteiger partial charge is 0.329 e. The summed E-state index contributed by atoms with van der Waals surface area (Å²) in [5, 5.41) is 0. The van der Waals surface area contributed by atoms with Crippen LogP contribution in [0.2, 0.25) is 0 Å². The second kappa shape index (κ2) is 4.66. The minimum atomic E-state index is 0.218. The van der Waals surface area contributed by atoms with E-state index in [9.17, 15) is 0 Å². The Labute approximate surface area is 102 Å². The van der Waals surface area contributed by atoms with E-state index in [1.165, 1.54) is 19.5 Å². The molecule has 16 heavy (non-hydrogen) atoms. The Morgan fingerprint density at radius 3 is 2.00 bits per heavy atom. The van der Waals surface area contributed by atoms with Gasteiger partial charge in [-0.25, -0.2) is 0 Å². The van der Waals surface area contributed by atoms with Crippen molar-refractivity contribution in [3.63, 3.8) is 0 Å². The van der Waals surface area contributed by atoms with E-state index < -0.39 is 0 Å². The van der Waals surface area contributed by atoms with Crippen molar-refractivity contribution in [2.45, 2.75) is 53.5 Å². The predicted octanol–water partition coefficient (Wildman–Crippen LogP) is 2.73. The first-order valence-electron chi connectivity index (χ1n) is 6.64. The maximum atomic E-state index is 5.98. The maximum Gasteiger partial charge on any atom is 0.0306 e. The molecular formula is C14H30N2. The van der Waals surface area contributed by atoms with Gasteiger partial charge in [-0.05, 0) is 30.6 Å². The highest BCUT2D eigenvalue weighted by atomic mass is 15.3. The molecule has 1 aliphatic heterocycles. The molecule has 0 bridgehead atoms. The fourth-order valence-electron chi connectivity index (χ4n) is 2.69. The zero-order valence-corrected chi connectivity index (χ0v) is 12.0. The molecule has 1 aliphatic rings. The van der Waals surface area contributed by atoms with Crippen LogP contribution in [0.15, 0.2) is 0 Å². The normalized spacial score (nSPS) is 23.2. The van der Waals surface area contributed by atoms with Crippen molar-refractivity contribution in [3.05, 3.63) is 0 Å². The first kappa shape index (κ1) is 14.0. The van der Waals surface area contributed by atoms with Gasteiger partial charge < -0.3 is 5.73 Å². The summed E-state index contributed by atoms with van der Waals surface area (Å²) >= 11 is 0. The molecule has 0 aromatic carbocycles. The molecule has 0 aromatic rings. The fourth-order valence-corrected chi connectivity index (χ4v) is 2.69. The van der Waals surface area contributed by atoms with Crippen molar-refractivity contribution in [2.75, 3.05) is 19.6 Å². The second-order valence-corrected chi connectivity index (χ2v) is 7.27. The van der Waals surface area contributed by atoms with E-state index in [0.717, 1.165) is 18.4 Å². The highest BCUT2D eigenvalue weighted by Gasteiger charge is 2.43. The van der Waals surface area contributed by atoms with E-state index in [4.69, 9.17) is 5.73 Å². The Hall–Kier alpha value is -0.0800. The minimum absolute atomic E-state index is 0.218. The van der Waals surface area contributed by atoms with Crippen molar-refractivity contribution in [1.82, 2.24) is 4.90 Å². The summed E-state index contributed by atoms with van der Waals surface area (Å²) in [6.45, 7) is 17.2. The smallest absolute Gasteiger partial charge is 0.0306 e. The van der Waals surface area contributed by atoms with Gasteiger partial charge in [0.2, 0.25) is 0 Å². The molecule has 0 radical (unpaired) electrons. The van der Waals surface area contributed by atoms with Crippen LogP contribution in [0, 0.1) is 17.3 Å². The highest BCUT2D eigenvalue weighted by Crippen LogP contribution is 2.38. The predicted molar refractivity (Wildman–Crippen MR) is 71.4 cm³/mol. The molecule has 0 spiro atoms. The lowest BCUT2D eigenvalue weighted by Crippen LogP contribution is -2.64. The lowest BCUT2D eigenvalue weighted by Gasteiger charge is -2.55. The number of nitrogens with two attached hydrogens (primary N) is 1. The van der Waals surface area contributed by atoms with Crippen LogP contribution in [0.25, 0.3) is 0 Å². The van der Waals surface area contributed by atoms with Crippen LogP contribution in [0.4, 0.5) is 0 Å². The van der Waals surface area contributed by atoms with Crippen LogP contribution in [0.5, 0.6) is 0 Å². The number of hydrogen-bond donors (Lipinski definition) is 1. The average Bonchev–Trinajstić information content (AvgIpc) is 1.96. The molecule has 96 valence electrons. The van der Waals surface area contributed by atoms with Gasteiger partial charge in [0.25, 0.3) is 0 Å². The molecule has 1 rings (SSSR count). The number of rotatable bonds is 4. The summed E-state index contributed by atoms with van der Waals surface area (Å²) in [4.78, 5) is 2.59. The van der Waals surface area contributed by atoms with E-state index in [2.05, 4.69) is 46.4 Å². The summed E-state index contributed by atoms with van der Waals surface area (Å²) < 4.78 is 0. The second-order valence-electron chi connectivity index (χ2n) is 7.27. The summed E-state index contributed by atoms with van der Waals surface area (Å²) in [5.41, 5.74) is 6.64. The highest BCUT2D eigenvalue weighted by molar-refractivity contribution is 4.98. The van der Waals surface area contributed by atoms with Crippen molar-refractivity contribution < 1.29 is 0 Å². The van der Waals surface area contributed by atoms with Gasteiger partial charge >= 0.3 is 0 Å². The van der Waals surface area contributed by atoms with Crippen LogP contribution < -0.4 is 5.73 Å². The van der Waals surface area contributed by atoms with E-state index >= 15 is 0 Å². The third-order valence-corrected chi connectivity index (χ3v) is 4.16. The van der Waals surface area contributed by atoms with Gasteiger partial charge in [-0.1, -0.05) is 34.6 Å². The summed E-state index contributed by atoms with van der Waals surface area (Å²) in [5.74, 6) is 1.56. The average molecular weight is 226 g/mol. The zero-order valence-electron chi connectivity index (χ0n) is 12.0. The first-order valence-corrected chi connectivity index (χ1v) is 6.64. The minimum Gasteiger partial charge on any atom is -0.329 e. The van der Waals surface area contributed by atoms with Gasteiger partial charge in [0, 0.05) is 25.2 Å². The quantitative estimate of drug-likeness (QED) is 0.798. The van der Waals surface area contributed by atoms with Gasteiger partial charge in [0.15, 0.2) is 0 Å². The fraction of sp³-hybridized carbons (Fsp3) is 1.00. The van der Waals surface area contributed by atoms with E-state index in [1.54, 1.807) is 0 Å². The molecule has 1 heterocycles. The standard InChI is InChI=1S/C14H30N2/c1-11(2)7-14(6,10-15)16-8-12(9-16)13(3,4)5/h11-12H,7-10,15H2,1-6H3. The molecule has 2 N–H and O–H groups in total. The summed E-state index contributed by atoms with van der Waals surface area (Å²) in [6.07, 6.45) is 1.21. The van der Waals surface area contributed by atoms with Gasteiger partial charge in [-0.2, -0.15) is 0 Å². The van der Waals surface area contributed by atoms with Gasteiger partial charge in [0.1, 0.15) is 0 Å². The Kier molecular flexibility index (Phi) is 4.07. The van der Waals surface area contributed by atoms with Crippen LogP contribution in [0.1, 0.15) is 48.0 Å². The molecule has 1 atom stereocenters. The molecule has 0 aromatic heterocycles. The summed E-state index contributed by atoms with van der Waals surface area (Å²) in [7, 11) is 0. The Balaban J connectivity index is 2.53. The van der Waals surface area contributed by atoms with Crippen molar-refractivity contribution in [2.24, 2.45) is 23.0 Å². The van der Waals surface area contributed by atoms with Crippen LogP contribution in [-0.4, -0.2) is 30.1 Å². The van der Waals surface area contributed by atoms with Gasteiger partial charge in [0.05, 0.1) is 0 Å². The van der Waals surface area contributed by atoms with Crippen molar-refractivity contribution in [1.29, 1.82) is 0 Å². The molecular weight excluding hydrogens is 196 g/mol. The Morgan fingerprint density at radius 2 is 1.69 bits per heavy atom. The van der Waals surface area contributed by atoms with Crippen LogP contribution in [-0.2, 0) is 0 Å². The van der Waals surface area contributed by atoms with Crippen LogP contribution >= 0.6 is 0 Å². The van der Waals surface area contributed by atoms with Crippen molar-refractivity contribution in [3.8, 4) is 0 Å². The van der Waals surface area contributed by atoms with E-state index in [1.807, 2.05) is 0 Å². The number of likely N-dealkylation sites (tertiary alicyclic amines) is 1. The molecule has 1 unspecified atom stereocenters. The van der Waals surface area contributed by atoms with Crippen molar-refractivity contribution >= 4 is 0 Å². The molecule has 1 saturated heterocycles. The molecule has 0 saturated carbocycles. The number of nitrogens with zero attached hydrogens (tertiary/aromatic N) is 1. The molecule has 1 fully saturated rings. The molecule has 0 amide bonds. The third kappa shape index (κ3) is 2.98. The lowest BCUT2D eigenvalue weighted by atomic mass is 9.73. The maximum absolute atomic E-state index is 5.98. The first-order chi connectivity index (χ1) is 7.19. The lowest BCUT2D eigenvalue weighted by molar-refractivity contribution is -0.0533. The number of hydrogen-bond acceptors (Lipinski definition) is 2. The SMILES string of the molecule is CC(C)CC(C)(CN)N1CC(C(C)(C)C)C1. The zero-order chi connectivity index (χ0) is 12.6.